The van der Waals surface area contributed by atoms with Crippen LogP contribution in [0, 0.1) is 0 Å². The molecular formula is C13H12O5. The highest BCUT2D eigenvalue weighted by Gasteiger charge is 2.40. The van der Waals surface area contributed by atoms with Gasteiger partial charge in [-0.2, -0.15) is 0 Å². The molecule has 0 spiro atoms. The van der Waals surface area contributed by atoms with Crippen molar-refractivity contribution in [3.8, 4) is 0 Å². The normalized spacial score (nSPS) is 31.2. The number of hydrogen-bond donors (Lipinski definition) is 1. The third-order valence-corrected chi connectivity index (χ3v) is 2.92. The zero-order chi connectivity index (χ0) is 12.5. The number of aliphatic hydroxyl groups excluding tert-OH is 1. The Kier molecular flexibility index (Phi) is 2.77. The van der Waals surface area contributed by atoms with E-state index in [1.165, 1.54) is 0 Å². The second kappa shape index (κ2) is 4.44. The number of carbonyl (C=O) groups excluding carboxylic acids is 1. The van der Waals surface area contributed by atoms with Crippen LogP contribution in [0.1, 0.15) is 11.9 Å². The zero-order valence-electron chi connectivity index (χ0n) is 9.48. The number of aliphatic hydroxyl groups is 1. The van der Waals surface area contributed by atoms with Gasteiger partial charge in [0.1, 0.15) is 11.9 Å². The molecule has 3 unspecified atom stereocenters. The summed E-state index contributed by atoms with van der Waals surface area (Å²) >= 11 is 0. The summed E-state index contributed by atoms with van der Waals surface area (Å²) in [6.45, 7) is 0.273. The fourth-order valence-electron chi connectivity index (χ4n) is 2.05. The van der Waals surface area contributed by atoms with Gasteiger partial charge in [-0.1, -0.05) is 30.3 Å². The molecule has 0 aliphatic carbocycles. The fourth-order valence-corrected chi connectivity index (χ4v) is 2.05. The molecule has 0 amide bonds. The Morgan fingerprint density at radius 2 is 2.00 bits per heavy atom. The first-order valence-electron chi connectivity index (χ1n) is 5.67. The lowest BCUT2D eigenvalue weighted by molar-refractivity contribution is -0.146. The topological polar surface area (TPSA) is 65.0 Å². The van der Waals surface area contributed by atoms with Crippen LogP contribution in [0.4, 0.5) is 0 Å². The monoisotopic (exact) mass is 248 g/mol. The Morgan fingerprint density at radius 1 is 1.22 bits per heavy atom. The molecular weight excluding hydrogens is 236 g/mol. The highest BCUT2D eigenvalue weighted by atomic mass is 16.7. The van der Waals surface area contributed by atoms with E-state index in [0.29, 0.717) is 0 Å². The van der Waals surface area contributed by atoms with Gasteiger partial charge in [-0.3, -0.25) is 0 Å². The molecule has 2 heterocycles. The number of carbonyl (C=O) groups is 1. The first-order chi connectivity index (χ1) is 8.74. The molecule has 0 saturated carbocycles. The van der Waals surface area contributed by atoms with Crippen molar-refractivity contribution in [2.45, 2.75) is 18.5 Å². The molecule has 5 heteroatoms. The number of ether oxygens (including phenoxy) is 3. The summed E-state index contributed by atoms with van der Waals surface area (Å²) in [6, 6.07) is 9.47. The minimum Gasteiger partial charge on any atom is -0.508 e. The summed E-state index contributed by atoms with van der Waals surface area (Å²) < 4.78 is 16.1. The predicted molar refractivity (Wildman–Crippen MR) is 60.6 cm³/mol. The molecule has 94 valence electrons. The SMILES string of the molecule is O=C1C=C(O)C(C2COC(c3ccccc3)O2)O1. The van der Waals surface area contributed by atoms with Gasteiger partial charge >= 0.3 is 5.97 Å². The van der Waals surface area contributed by atoms with Gasteiger partial charge in [0.2, 0.25) is 0 Å². The Hall–Kier alpha value is -1.85. The van der Waals surface area contributed by atoms with Gasteiger partial charge in [0.25, 0.3) is 0 Å². The predicted octanol–water partition coefficient (Wildman–Crippen LogP) is 1.47. The first-order valence-corrected chi connectivity index (χ1v) is 5.67. The van der Waals surface area contributed by atoms with Gasteiger partial charge in [-0.15, -0.1) is 0 Å². The van der Waals surface area contributed by atoms with Crippen molar-refractivity contribution in [3.63, 3.8) is 0 Å². The van der Waals surface area contributed by atoms with E-state index >= 15 is 0 Å². The van der Waals surface area contributed by atoms with Crippen LogP contribution >= 0.6 is 0 Å². The number of rotatable bonds is 2. The highest BCUT2D eigenvalue weighted by Crippen LogP contribution is 2.31. The van der Waals surface area contributed by atoms with E-state index < -0.39 is 24.5 Å². The zero-order valence-corrected chi connectivity index (χ0v) is 9.48. The molecule has 0 bridgehead atoms. The van der Waals surface area contributed by atoms with Crippen molar-refractivity contribution in [3.05, 3.63) is 47.7 Å². The van der Waals surface area contributed by atoms with E-state index in [2.05, 4.69) is 0 Å². The maximum absolute atomic E-state index is 11.0. The number of benzene rings is 1. The number of hydrogen-bond acceptors (Lipinski definition) is 5. The van der Waals surface area contributed by atoms with E-state index in [9.17, 15) is 9.90 Å². The van der Waals surface area contributed by atoms with Crippen LogP contribution in [0.3, 0.4) is 0 Å². The molecule has 3 atom stereocenters. The smallest absolute Gasteiger partial charge is 0.335 e. The van der Waals surface area contributed by atoms with Gasteiger partial charge in [0.15, 0.2) is 12.4 Å². The minimum atomic E-state index is -0.758. The second-order valence-electron chi connectivity index (χ2n) is 4.18. The molecule has 1 N–H and O–H groups in total. The molecule has 1 aromatic rings. The van der Waals surface area contributed by atoms with Gasteiger partial charge in [-0.25, -0.2) is 4.79 Å². The van der Waals surface area contributed by atoms with Gasteiger partial charge in [-0.05, 0) is 0 Å². The average molecular weight is 248 g/mol. The third kappa shape index (κ3) is 1.98. The lowest BCUT2D eigenvalue weighted by Crippen LogP contribution is -2.30. The standard InChI is InChI=1S/C13H12O5/c14-9-6-11(15)18-12(9)10-7-16-13(17-10)8-4-2-1-3-5-8/h1-6,10,12-14H,7H2. The van der Waals surface area contributed by atoms with E-state index in [1.807, 2.05) is 30.3 Å². The highest BCUT2D eigenvalue weighted by molar-refractivity contribution is 5.85. The van der Waals surface area contributed by atoms with Crippen LogP contribution in [0.5, 0.6) is 0 Å². The van der Waals surface area contributed by atoms with Crippen LogP contribution in [-0.4, -0.2) is 29.9 Å². The average Bonchev–Trinajstić information content (AvgIpc) is 2.97. The molecule has 2 aliphatic rings. The minimum absolute atomic E-state index is 0.109. The quantitative estimate of drug-likeness (QED) is 0.803. The van der Waals surface area contributed by atoms with Crippen molar-refractivity contribution in [1.29, 1.82) is 0 Å². The van der Waals surface area contributed by atoms with Gasteiger partial charge in [0.05, 0.1) is 12.7 Å². The van der Waals surface area contributed by atoms with Crippen LogP contribution in [0.25, 0.3) is 0 Å². The Balaban J connectivity index is 1.69. The molecule has 1 fully saturated rings. The molecule has 0 radical (unpaired) electrons. The van der Waals surface area contributed by atoms with E-state index in [-0.39, 0.29) is 12.4 Å². The Morgan fingerprint density at radius 3 is 2.67 bits per heavy atom. The summed E-state index contributed by atoms with van der Waals surface area (Å²) in [5, 5.41) is 9.56. The lowest BCUT2D eigenvalue weighted by Gasteiger charge is -2.17. The van der Waals surface area contributed by atoms with Crippen molar-refractivity contribution in [2.24, 2.45) is 0 Å². The Bertz CT molecular complexity index is 481. The number of cyclic esters (lactones) is 1. The maximum atomic E-state index is 11.0. The molecule has 3 rings (SSSR count). The first kappa shape index (κ1) is 11.3. The number of esters is 1. The van der Waals surface area contributed by atoms with E-state index in [0.717, 1.165) is 11.6 Å². The van der Waals surface area contributed by atoms with Crippen molar-refractivity contribution in [1.82, 2.24) is 0 Å². The van der Waals surface area contributed by atoms with Crippen LogP contribution in [0.2, 0.25) is 0 Å². The van der Waals surface area contributed by atoms with E-state index in [4.69, 9.17) is 14.2 Å². The molecule has 18 heavy (non-hydrogen) atoms. The summed E-state index contributed by atoms with van der Waals surface area (Å²) in [7, 11) is 0. The van der Waals surface area contributed by atoms with Gasteiger partial charge in [0, 0.05) is 5.56 Å². The molecule has 2 aliphatic heterocycles. The molecule has 1 aromatic carbocycles. The van der Waals surface area contributed by atoms with E-state index in [1.54, 1.807) is 0 Å². The molecule has 0 aromatic heterocycles. The van der Waals surface area contributed by atoms with Crippen LogP contribution < -0.4 is 0 Å². The lowest BCUT2D eigenvalue weighted by atomic mass is 10.2. The summed E-state index contributed by atoms with van der Waals surface area (Å²) in [4.78, 5) is 11.0. The second-order valence-corrected chi connectivity index (χ2v) is 4.18. The molecule has 1 saturated heterocycles. The summed E-state index contributed by atoms with van der Waals surface area (Å²) in [6.07, 6.45) is -0.656. The fraction of sp³-hybridized carbons (Fsp3) is 0.308. The molecule has 5 nitrogen and oxygen atoms in total. The largest absolute Gasteiger partial charge is 0.508 e. The van der Waals surface area contributed by atoms with Crippen molar-refractivity contribution >= 4 is 5.97 Å². The van der Waals surface area contributed by atoms with Gasteiger partial charge < -0.3 is 19.3 Å². The summed E-state index contributed by atoms with van der Waals surface area (Å²) in [5.74, 6) is -0.661. The summed E-state index contributed by atoms with van der Waals surface area (Å²) in [5.41, 5.74) is 0.896. The van der Waals surface area contributed by atoms with Crippen LogP contribution in [-0.2, 0) is 19.0 Å². The van der Waals surface area contributed by atoms with Crippen molar-refractivity contribution in [2.75, 3.05) is 6.61 Å². The Labute approximate surface area is 104 Å². The third-order valence-electron chi connectivity index (χ3n) is 2.92. The van der Waals surface area contributed by atoms with Crippen molar-refractivity contribution < 1.29 is 24.1 Å². The maximum Gasteiger partial charge on any atom is 0.335 e. The van der Waals surface area contributed by atoms with Crippen LogP contribution in [0.15, 0.2) is 42.2 Å².